The van der Waals surface area contributed by atoms with Crippen molar-refractivity contribution < 1.29 is 13.9 Å². The number of benzene rings is 2. The Kier molecular flexibility index (Phi) is 8.15. The lowest BCUT2D eigenvalue weighted by Crippen LogP contribution is -2.42. The molecule has 5 rings (SSSR count). The largest absolute Gasteiger partial charge is 0.453 e. The first-order valence-electron chi connectivity index (χ1n) is 13.6. The second-order valence-corrected chi connectivity index (χ2v) is 11.6. The number of nitrogens with one attached hydrogen (secondary N) is 1. The Morgan fingerprint density at radius 3 is 2.76 bits per heavy atom. The number of ether oxygens (including phenoxy) is 1. The van der Waals surface area contributed by atoms with E-state index in [0.29, 0.717) is 51.7 Å². The van der Waals surface area contributed by atoms with Gasteiger partial charge in [-0.15, -0.1) is 0 Å². The number of nitrogens with zero attached hydrogens (tertiary/aromatic N) is 3. The van der Waals surface area contributed by atoms with Gasteiger partial charge >= 0.3 is 6.09 Å². The van der Waals surface area contributed by atoms with Gasteiger partial charge in [-0.05, 0) is 68.8 Å². The SMILES string of the molecule is COC(=O)N[C@H](C)c1cc2c(C)nc3c(F)c(-c4cccc(Cl)c4Cl)c(CCC#N)cc3c2n1[C@H]1[C@@H](CN)C[C@@H]1C. The number of methoxy groups -OCH3 is 1. The maximum absolute atomic E-state index is 16.7. The summed E-state index contributed by atoms with van der Waals surface area (Å²) in [4.78, 5) is 16.9. The molecular weight excluding hydrogens is 564 g/mol. The maximum Gasteiger partial charge on any atom is 0.407 e. The van der Waals surface area contributed by atoms with Crippen molar-refractivity contribution in [3.63, 3.8) is 0 Å². The van der Waals surface area contributed by atoms with Crippen molar-refractivity contribution in [2.75, 3.05) is 13.7 Å². The van der Waals surface area contributed by atoms with Crippen molar-refractivity contribution in [2.24, 2.45) is 17.6 Å². The van der Waals surface area contributed by atoms with Crippen LogP contribution in [-0.4, -0.2) is 29.3 Å². The molecule has 1 aliphatic carbocycles. The van der Waals surface area contributed by atoms with Gasteiger partial charge in [-0.25, -0.2) is 14.2 Å². The molecule has 0 bridgehead atoms. The first kappa shape index (κ1) is 29.1. The van der Waals surface area contributed by atoms with Crippen molar-refractivity contribution >= 4 is 51.1 Å². The van der Waals surface area contributed by atoms with Crippen LogP contribution in [0.4, 0.5) is 9.18 Å². The molecule has 0 spiro atoms. The lowest BCUT2D eigenvalue weighted by Gasteiger charge is -2.45. The van der Waals surface area contributed by atoms with Crippen LogP contribution in [-0.2, 0) is 11.2 Å². The molecule has 1 saturated carbocycles. The molecule has 0 radical (unpaired) electrons. The number of aryl methyl sites for hydroxylation is 2. The van der Waals surface area contributed by atoms with Crippen LogP contribution >= 0.6 is 23.2 Å². The zero-order valence-corrected chi connectivity index (χ0v) is 24.9. The van der Waals surface area contributed by atoms with E-state index in [9.17, 15) is 10.1 Å². The topological polar surface area (TPSA) is 106 Å². The van der Waals surface area contributed by atoms with Gasteiger partial charge in [0.1, 0.15) is 5.52 Å². The summed E-state index contributed by atoms with van der Waals surface area (Å²) in [7, 11) is 1.33. The number of aromatic nitrogens is 2. The molecule has 2 heterocycles. The Hall–Kier alpha value is -3.38. The van der Waals surface area contributed by atoms with E-state index >= 15 is 4.39 Å². The van der Waals surface area contributed by atoms with Crippen molar-refractivity contribution in [2.45, 2.75) is 52.1 Å². The number of amides is 1. The second kappa shape index (κ2) is 11.5. The summed E-state index contributed by atoms with van der Waals surface area (Å²) in [5.41, 5.74) is 10.1. The fraction of sp³-hybridized carbons (Fsp3) is 0.387. The normalized spacial score (nSPS) is 19.1. The first-order chi connectivity index (χ1) is 19.6. The minimum absolute atomic E-state index is 0.0482. The van der Waals surface area contributed by atoms with Gasteiger partial charge in [0, 0.05) is 45.7 Å². The molecule has 3 N–H and O–H groups in total. The summed E-state index contributed by atoms with van der Waals surface area (Å²) in [6.45, 7) is 6.44. The van der Waals surface area contributed by atoms with E-state index < -0.39 is 18.0 Å². The number of carbonyl (C=O) groups excluding carboxylic acids is 1. The number of nitriles is 1. The molecule has 0 unspecified atom stereocenters. The average molecular weight is 597 g/mol. The van der Waals surface area contributed by atoms with Crippen molar-refractivity contribution in [3.8, 4) is 17.2 Å². The summed E-state index contributed by atoms with van der Waals surface area (Å²) >= 11 is 12.9. The molecule has 0 aliphatic heterocycles. The number of pyridine rings is 1. The van der Waals surface area contributed by atoms with Gasteiger partial charge in [0.2, 0.25) is 0 Å². The number of fused-ring (bicyclic) bond motifs is 3. The van der Waals surface area contributed by atoms with E-state index in [2.05, 4.69) is 22.9 Å². The van der Waals surface area contributed by atoms with Gasteiger partial charge in [-0.2, -0.15) is 5.26 Å². The standard InChI is InChI=1S/C31H32Cl2FN5O2/c1-15-11-19(14-36)29(15)39-24(17(3)38-31(40)41-4)13-21-16(2)37-28-22(30(21)39)12-18(7-6-10-35)25(27(28)34)20-8-5-9-23(32)26(20)33/h5,8-9,12-13,15,17,19,29H,6-7,11,14,36H2,1-4H3,(H,38,40)/t15-,17+,19+,29+/m0/s1. The van der Waals surface area contributed by atoms with E-state index in [4.69, 9.17) is 38.7 Å². The number of rotatable bonds is 7. The molecule has 0 saturated heterocycles. The highest BCUT2D eigenvalue weighted by Crippen LogP contribution is 2.49. The third-order valence-corrected chi connectivity index (χ3v) is 9.16. The monoisotopic (exact) mass is 595 g/mol. The predicted molar refractivity (Wildman–Crippen MR) is 161 cm³/mol. The average Bonchev–Trinajstić information content (AvgIpc) is 3.33. The Labute approximate surface area is 248 Å². The minimum atomic E-state index is -0.543. The van der Waals surface area contributed by atoms with Crippen molar-refractivity contribution in [1.29, 1.82) is 5.26 Å². The summed E-state index contributed by atoms with van der Waals surface area (Å²) in [5.74, 6) is 0.0245. The molecule has 1 amide bonds. The predicted octanol–water partition coefficient (Wildman–Crippen LogP) is 7.64. The summed E-state index contributed by atoms with van der Waals surface area (Å²) < 4.78 is 23.8. The smallest absolute Gasteiger partial charge is 0.407 e. The highest BCUT2D eigenvalue weighted by molar-refractivity contribution is 6.43. The molecular formula is C31H32Cl2FN5O2. The Morgan fingerprint density at radius 1 is 1.34 bits per heavy atom. The Morgan fingerprint density at radius 2 is 2.10 bits per heavy atom. The van der Waals surface area contributed by atoms with E-state index in [0.717, 1.165) is 23.0 Å². The summed E-state index contributed by atoms with van der Waals surface area (Å²) in [6, 6.07) is 10.9. The molecule has 1 fully saturated rings. The van der Waals surface area contributed by atoms with Gasteiger partial charge < -0.3 is 20.4 Å². The van der Waals surface area contributed by atoms with Crippen LogP contribution in [0.3, 0.4) is 0 Å². The molecule has 10 heteroatoms. The third kappa shape index (κ3) is 4.90. The first-order valence-corrected chi connectivity index (χ1v) is 14.4. The zero-order chi connectivity index (χ0) is 29.6. The lowest BCUT2D eigenvalue weighted by molar-refractivity contribution is 0.102. The molecule has 7 nitrogen and oxygen atoms in total. The second-order valence-electron chi connectivity index (χ2n) is 10.8. The highest BCUT2D eigenvalue weighted by atomic mass is 35.5. The van der Waals surface area contributed by atoms with Crippen LogP contribution in [0.2, 0.25) is 10.0 Å². The summed E-state index contributed by atoms with van der Waals surface area (Å²) in [6.07, 6.45) is 0.940. The molecule has 214 valence electrons. The number of hydrogen-bond donors (Lipinski definition) is 2. The van der Waals surface area contributed by atoms with E-state index in [1.807, 2.05) is 26.0 Å². The van der Waals surface area contributed by atoms with Gasteiger partial charge in [0.05, 0.1) is 34.8 Å². The molecule has 1 aliphatic rings. The van der Waals surface area contributed by atoms with E-state index in [1.54, 1.807) is 18.2 Å². The van der Waals surface area contributed by atoms with Gasteiger partial charge in [0.25, 0.3) is 0 Å². The van der Waals surface area contributed by atoms with Crippen LogP contribution in [0.1, 0.15) is 55.7 Å². The van der Waals surface area contributed by atoms with Crippen LogP contribution in [0, 0.1) is 35.9 Å². The number of halogens is 3. The van der Waals surface area contributed by atoms with Gasteiger partial charge in [-0.3, -0.25) is 0 Å². The van der Waals surface area contributed by atoms with Gasteiger partial charge in [0.15, 0.2) is 5.82 Å². The fourth-order valence-corrected chi connectivity index (χ4v) is 6.77. The Balaban J connectivity index is 1.89. The van der Waals surface area contributed by atoms with Crippen molar-refractivity contribution in [3.05, 3.63) is 63.1 Å². The number of nitrogens with two attached hydrogens (primary N) is 1. The van der Waals surface area contributed by atoms with Gasteiger partial charge in [-0.1, -0.05) is 42.3 Å². The van der Waals surface area contributed by atoms with Crippen LogP contribution in [0.5, 0.6) is 0 Å². The number of alkyl carbamates (subject to hydrolysis) is 1. The molecule has 41 heavy (non-hydrogen) atoms. The van der Waals surface area contributed by atoms with E-state index in [-0.39, 0.29) is 28.9 Å². The molecule has 4 atom stereocenters. The molecule has 2 aromatic carbocycles. The third-order valence-electron chi connectivity index (χ3n) is 8.34. The summed E-state index contributed by atoms with van der Waals surface area (Å²) in [5, 5.41) is 14.3. The van der Waals surface area contributed by atoms with Crippen molar-refractivity contribution in [1.82, 2.24) is 14.9 Å². The highest BCUT2D eigenvalue weighted by Gasteiger charge is 2.41. The maximum atomic E-state index is 16.7. The Bertz CT molecular complexity index is 1710. The fourth-order valence-electron chi connectivity index (χ4n) is 6.37. The molecule has 2 aromatic heterocycles. The van der Waals surface area contributed by atoms with E-state index in [1.165, 1.54) is 7.11 Å². The minimum Gasteiger partial charge on any atom is -0.453 e. The van der Waals surface area contributed by atoms with Crippen LogP contribution in [0.15, 0.2) is 30.3 Å². The zero-order valence-electron chi connectivity index (χ0n) is 23.4. The lowest BCUT2D eigenvalue weighted by atomic mass is 9.70. The van der Waals surface area contributed by atoms with Crippen LogP contribution < -0.4 is 11.1 Å². The number of hydrogen-bond acceptors (Lipinski definition) is 5. The van der Waals surface area contributed by atoms with Crippen LogP contribution in [0.25, 0.3) is 32.9 Å². The molecule has 4 aromatic rings. The quantitative estimate of drug-likeness (QED) is 0.228. The number of carbonyl (C=O) groups is 1.